The van der Waals surface area contributed by atoms with Crippen LogP contribution in [0.15, 0.2) is 47.7 Å². The van der Waals surface area contributed by atoms with E-state index in [1.165, 1.54) is 5.56 Å². The molecule has 0 atom stereocenters. The van der Waals surface area contributed by atoms with Crippen LogP contribution in [0.5, 0.6) is 0 Å². The van der Waals surface area contributed by atoms with Crippen molar-refractivity contribution in [1.82, 2.24) is 10.4 Å². The number of hydrogen-bond donors (Lipinski definition) is 2. The molecule has 0 aliphatic heterocycles. The number of hydrazone groups is 1. The van der Waals surface area contributed by atoms with Gasteiger partial charge in [-0.2, -0.15) is 5.10 Å². The van der Waals surface area contributed by atoms with Crippen molar-refractivity contribution < 1.29 is 0 Å². The van der Waals surface area contributed by atoms with E-state index in [1.54, 1.807) is 6.20 Å². The molecule has 0 spiro atoms. The summed E-state index contributed by atoms with van der Waals surface area (Å²) in [6.45, 7) is 6.08. The summed E-state index contributed by atoms with van der Waals surface area (Å²) in [6, 6.07) is 11.9. The van der Waals surface area contributed by atoms with Gasteiger partial charge in [0.15, 0.2) is 5.11 Å². The van der Waals surface area contributed by atoms with E-state index in [0.717, 1.165) is 29.1 Å². The van der Waals surface area contributed by atoms with Crippen molar-refractivity contribution in [2.75, 3.05) is 5.32 Å². The van der Waals surface area contributed by atoms with E-state index < -0.39 is 0 Å². The molecule has 5 heteroatoms. The highest BCUT2D eigenvalue weighted by Crippen LogP contribution is 2.20. The standard InChI is InChI=1S/C17H20N4S/c1-4-14-9-7-8-12(2)16(14)19-17(22)21-20-13(3)15-10-5-6-11-18-15/h5-11H,4H2,1-3H3,(H2,19,21,22)/b20-13-. The zero-order valence-corrected chi connectivity index (χ0v) is 13.9. The normalized spacial score (nSPS) is 11.1. The van der Waals surface area contributed by atoms with Gasteiger partial charge in [-0.3, -0.25) is 10.4 Å². The van der Waals surface area contributed by atoms with Crippen LogP contribution in [0.2, 0.25) is 0 Å². The Balaban J connectivity index is 2.05. The van der Waals surface area contributed by atoms with Crippen LogP contribution in [0.25, 0.3) is 0 Å². The molecular formula is C17H20N4S. The van der Waals surface area contributed by atoms with E-state index in [9.17, 15) is 0 Å². The number of anilines is 1. The molecule has 0 aliphatic rings. The molecule has 1 heterocycles. The van der Waals surface area contributed by atoms with E-state index >= 15 is 0 Å². The molecule has 2 aromatic rings. The number of pyridine rings is 1. The molecule has 114 valence electrons. The van der Waals surface area contributed by atoms with Gasteiger partial charge in [-0.15, -0.1) is 0 Å². The first-order chi connectivity index (χ1) is 10.6. The molecule has 0 bridgehead atoms. The molecular weight excluding hydrogens is 292 g/mol. The number of nitrogens with zero attached hydrogens (tertiary/aromatic N) is 2. The molecule has 1 aromatic heterocycles. The Morgan fingerprint density at radius 2 is 2.05 bits per heavy atom. The Kier molecular flexibility index (Phi) is 5.61. The minimum absolute atomic E-state index is 0.472. The highest BCUT2D eigenvalue weighted by atomic mass is 32.1. The average molecular weight is 312 g/mol. The van der Waals surface area contributed by atoms with E-state index in [-0.39, 0.29) is 0 Å². The van der Waals surface area contributed by atoms with Crippen LogP contribution in [-0.2, 0) is 6.42 Å². The zero-order chi connectivity index (χ0) is 15.9. The predicted octanol–water partition coefficient (Wildman–Crippen LogP) is 3.66. The number of nitrogens with one attached hydrogen (secondary N) is 2. The Morgan fingerprint density at radius 3 is 2.73 bits per heavy atom. The molecule has 4 nitrogen and oxygen atoms in total. The summed E-state index contributed by atoms with van der Waals surface area (Å²) in [7, 11) is 0. The fourth-order valence-corrected chi connectivity index (χ4v) is 2.26. The number of thiocarbonyl (C=S) groups is 1. The molecule has 0 fully saturated rings. The van der Waals surface area contributed by atoms with Crippen LogP contribution in [0.4, 0.5) is 5.69 Å². The van der Waals surface area contributed by atoms with Crippen LogP contribution >= 0.6 is 12.2 Å². The zero-order valence-electron chi connectivity index (χ0n) is 13.1. The smallest absolute Gasteiger partial charge is 0.191 e. The molecule has 2 rings (SSSR count). The van der Waals surface area contributed by atoms with Crippen LogP contribution in [0.1, 0.15) is 30.7 Å². The van der Waals surface area contributed by atoms with Gasteiger partial charge in [-0.05, 0) is 55.7 Å². The van der Waals surface area contributed by atoms with Gasteiger partial charge in [-0.1, -0.05) is 31.2 Å². The van der Waals surface area contributed by atoms with E-state index in [0.29, 0.717) is 5.11 Å². The second-order valence-electron chi connectivity index (χ2n) is 4.94. The van der Waals surface area contributed by atoms with Crippen LogP contribution in [0, 0.1) is 6.92 Å². The first-order valence-electron chi connectivity index (χ1n) is 7.23. The van der Waals surface area contributed by atoms with Gasteiger partial charge in [0.1, 0.15) is 0 Å². The van der Waals surface area contributed by atoms with Gasteiger partial charge in [0.2, 0.25) is 0 Å². The van der Waals surface area contributed by atoms with Crippen LogP contribution in [-0.4, -0.2) is 15.8 Å². The molecule has 0 saturated carbocycles. The average Bonchev–Trinajstić information content (AvgIpc) is 2.55. The predicted molar refractivity (Wildman–Crippen MR) is 96.4 cm³/mol. The summed E-state index contributed by atoms with van der Waals surface area (Å²) in [5.74, 6) is 0. The minimum atomic E-state index is 0.472. The monoisotopic (exact) mass is 312 g/mol. The number of para-hydroxylation sites is 1. The van der Waals surface area contributed by atoms with Gasteiger partial charge >= 0.3 is 0 Å². The third kappa shape index (κ3) is 4.11. The van der Waals surface area contributed by atoms with Crippen molar-refractivity contribution in [3.05, 3.63) is 59.4 Å². The van der Waals surface area contributed by atoms with Crippen molar-refractivity contribution in [1.29, 1.82) is 0 Å². The third-order valence-electron chi connectivity index (χ3n) is 3.34. The lowest BCUT2D eigenvalue weighted by atomic mass is 10.1. The fraction of sp³-hybridized carbons (Fsp3) is 0.235. The molecule has 0 aliphatic carbocycles. The summed E-state index contributed by atoms with van der Waals surface area (Å²) < 4.78 is 0. The summed E-state index contributed by atoms with van der Waals surface area (Å²) in [6.07, 6.45) is 2.69. The van der Waals surface area contributed by atoms with E-state index in [4.69, 9.17) is 12.2 Å². The Labute approximate surface area is 136 Å². The van der Waals surface area contributed by atoms with Crippen molar-refractivity contribution in [2.45, 2.75) is 27.2 Å². The SMILES string of the molecule is CCc1cccc(C)c1NC(=S)N/N=C(/C)c1ccccn1. The quantitative estimate of drug-likeness (QED) is 0.514. The first-order valence-corrected chi connectivity index (χ1v) is 7.63. The maximum Gasteiger partial charge on any atom is 0.191 e. The molecule has 0 unspecified atom stereocenters. The first kappa shape index (κ1) is 16.1. The highest BCUT2D eigenvalue weighted by Gasteiger charge is 2.06. The molecule has 0 radical (unpaired) electrons. The van der Waals surface area contributed by atoms with Crippen LogP contribution in [0.3, 0.4) is 0 Å². The summed E-state index contributed by atoms with van der Waals surface area (Å²) >= 11 is 5.32. The van der Waals surface area contributed by atoms with E-state index in [2.05, 4.69) is 52.9 Å². The van der Waals surface area contributed by atoms with E-state index in [1.807, 2.05) is 25.1 Å². The molecule has 1 aromatic carbocycles. The lowest BCUT2D eigenvalue weighted by molar-refractivity contribution is 1.03. The largest absolute Gasteiger partial charge is 0.331 e. The number of rotatable bonds is 4. The molecule has 0 amide bonds. The molecule has 0 saturated heterocycles. The Bertz CT molecular complexity index is 680. The van der Waals surface area contributed by atoms with Crippen molar-refractivity contribution >= 4 is 28.7 Å². The molecule has 2 N–H and O–H groups in total. The lowest BCUT2D eigenvalue weighted by Crippen LogP contribution is -2.26. The second-order valence-corrected chi connectivity index (χ2v) is 5.35. The second kappa shape index (κ2) is 7.66. The van der Waals surface area contributed by atoms with Crippen molar-refractivity contribution in [3.63, 3.8) is 0 Å². The Morgan fingerprint density at radius 1 is 1.23 bits per heavy atom. The third-order valence-corrected chi connectivity index (χ3v) is 3.53. The number of aromatic nitrogens is 1. The Hall–Kier alpha value is -2.27. The van der Waals surface area contributed by atoms with Gasteiger partial charge in [0, 0.05) is 11.9 Å². The topological polar surface area (TPSA) is 49.3 Å². The number of benzene rings is 1. The summed E-state index contributed by atoms with van der Waals surface area (Å²) in [5.41, 5.74) is 7.92. The summed E-state index contributed by atoms with van der Waals surface area (Å²) in [5, 5.41) is 7.98. The number of aryl methyl sites for hydroxylation is 2. The van der Waals surface area contributed by atoms with Crippen LogP contribution < -0.4 is 10.7 Å². The minimum Gasteiger partial charge on any atom is -0.331 e. The van der Waals surface area contributed by atoms with Gasteiger partial charge in [0.25, 0.3) is 0 Å². The maximum absolute atomic E-state index is 5.32. The number of hydrogen-bond acceptors (Lipinski definition) is 3. The van der Waals surface area contributed by atoms with Gasteiger partial charge < -0.3 is 5.32 Å². The summed E-state index contributed by atoms with van der Waals surface area (Å²) in [4.78, 5) is 4.25. The van der Waals surface area contributed by atoms with Gasteiger partial charge in [0.05, 0.1) is 11.4 Å². The van der Waals surface area contributed by atoms with Gasteiger partial charge in [-0.25, -0.2) is 0 Å². The van der Waals surface area contributed by atoms with Crippen molar-refractivity contribution in [3.8, 4) is 0 Å². The lowest BCUT2D eigenvalue weighted by Gasteiger charge is -2.14. The maximum atomic E-state index is 5.32. The van der Waals surface area contributed by atoms with Crippen molar-refractivity contribution in [2.24, 2.45) is 5.10 Å². The fourth-order valence-electron chi connectivity index (χ4n) is 2.11. The molecule has 22 heavy (non-hydrogen) atoms. The highest BCUT2D eigenvalue weighted by molar-refractivity contribution is 7.80.